The van der Waals surface area contributed by atoms with Crippen molar-refractivity contribution < 1.29 is 33.0 Å². The SMILES string of the molecule is Cc1c(-c2cccc(NC3CCN(S(=O)(=O)Cc4ccccc4Cl)CC3)c2)sc(C(=O)O)c1OCC(=O)O. The fourth-order valence-corrected chi connectivity index (χ4v) is 7.35. The number of sulfonamides is 1. The number of benzene rings is 2. The molecule has 3 N–H and O–H groups in total. The minimum absolute atomic E-state index is 0.0533. The molecular weight excluding hydrogens is 552 g/mol. The van der Waals surface area contributed by atoms with Crippen molar-refractivity contribution >= 4 is 50.6 Å². The molecule has 9 nitrogen and oxygen atoms in total. The second kappa shape index (κ2) is 11.7. The molecule has 0 amide bonds. The molecule has 1 saturated heterocycles. The summed E-state index contributed by atoms with van der Waals surface area (Å²) in [4.78, 5) is 23.3. The molecule has 0 radical (unpaired) electrons. The normalized spacial score (nSPS) is 14.8. The highest BCUT2D eigenvalue weighted by molar-refractivity contribution is 7.88. The van der Waals surface area contributed by atoms with E-state index >= 15 is 0 Å². The number of nitrogens with zero attached hydrogens (tertiary/aromatic N) is 1. The van der Waals surface area contributed by atoms with Crippen molar-refractivity contribution in [2.45, 2.75) is 31.6 Å². The number of hydrogen-bond donors (Lipinski definition) is 3. The van der Waals surface area contributed by atoms with Gasteiger partial charge in [0.15, 0.2) is 11.5 Å². The van der Waals surface area contributed by atoms with E-state index in [1.54, 1.807) is 31.2 Å². The number of halogens is 1. The number of piperidine rings is 1. The molecule has 0 saturated carbocycles. The summed E-state index contributed by atoms with van der Waals surface area (Å²) in [7, 11) is -3.50. The van der Waals surface area contributed by atoms with E-state index in [2.05, 4.69) is 5.32 Å². The number of aromatic carboxylic acids is 1. The average molecular weight is 579 g/mol. The predicted octanol–water partition coefficient (Wildman–Crippen LogP) is 4.94. The molecule has 1 fully saturated rings. The summed E-state index contributed by atoms with van der Waals surface area (Å²) < 4.78 is 32.6. The van der Waals surface area contributed by atoms with Crippen molar-refractivity contribution in [3.05, 3.63) is 69.6 Å². The fraction of sp³-hybridized carbons (Fsp3) is 0.308. The first kappa shape index (κ1) is 27.9. The van der Waals surface area contributed by atoms with Crippen molar-refractivity contribution in [2.24, 2.45) is 0 Å². The quantitative estimate of drug-likeness (QED) is 0.308. The maximum absolute atomic E-state index is 12.9. The third-order valence-electron chi connectivity index (χ3n) is 6.26. The molecule has 3 aromatic rings. The van der Waals surface area contributed by atoms with E-state index < -0.39 is 28.6 Å². The van der Waals surface area contributed by atoms with Gasteiger partial charge < -0.3 is 20.3 Å². The van der Waals surface area contributed by atoms with Crippen LogP contribution >= 0.6 is 22.9 Å². The lowest BCUT2D eigenvalue weighted by molar-refractivity contribution is -0.139. The van der Waals surface area contributed by atoms with Gasteiger partial charge in [-0.25, -0.2) is 22.3 Å². The lowest BCUT2D eigenvalue weighted by Crippen LogP contribution is -2.42. The number of carboxylic acids is 2. The number of hydrogen-bond acceptors (Lipinski definition) is 7. The highest BCUT2D eigenvalue weighted by Gasteiger charge is 2.29. The zero-order chi connectivity index (χ0) is 27.4. The second-order valence-electron chi connectivity index (χ2n) is 8.95. The van der Waals surface area contributed by atoms with Gasteiger partial charge in [0.2, 0.25) is 10.0 Å². The highest BCUT2D eigenvalue weighted by atomic mass is 35.5. The zero-order valence-electron chi connectivity index (χ0n) is 20.5. The molecule has 12 heteroatoms. The molecule has 2 aromatic carbocycles. The van der Waals surface area contributed by atoms with Crippen LogP contribution in [-0.2, 0) is 20.6 Å². The number of aliphatic carboxylic acids is 1. The first-order valence-corrected chi connectivity index (χ1v) is 14.6. The van der Waals surface area contributed by atoms with Crippen LogP contribution in [0.3, 0.4) is 0 Å². The molecule has 2 heterocycles. The van der Waals surface area contributed by atoms with Crippen molar-refractivity contribution in [1.29, 1.82) is 0 Å². The van der Waals surface area contributed by atoms with Crippen LogP contribution in [-0.4, -0.2) is 60.6 Å². The van der Waals surface area contributed by atoms with E-state index in [1.165, 1.54) is 4.31 Å². The Hall–Kier alpha value is -3.12. The summed E-state index contributed by atoms with van der Waals surface area (Å²) in [5.41, 5.74) is 2.72. The second-order valence-corrected chi connectivity index (χ2v) is 12.3. The van der Waals surface area contributed by atoms with E-state index in [-0.39, 0.29) is 22.4 Å². The van der Waals surface area contributed by atoms with Gasteiger partial charge in [0.1, 0.15) is 5.75 Å². The summed E-state index contributed by atoms with van der Waals surface area (Å²) in [6.07, 6.45) is 1.25. The number of carboxylic acid groups (broad SMARTS) is 2. The van der Waals surface area contributed by atoms with E-state index in [9.17, 15) is 23.1 Å². The van der Waals surface area contributed by atoms with Crippen LogP contribution in [0.25, 0.3) is 10.4 Å². The van der Waals surface area contributed by atoms with Gasteiger partial charge in [-0.3, -0.25) is 0 Å². The Morgan fingerprint density at radius 2 is 1.84 bits per heavy atom. The number of thiophene rings is 1. The molecule has 0 unspecified atom stereocenters. The van der Waals surface area contributed by atoms with E-state index in [4.69, 9.17) is 21.4 Å². The molecule has 0 bridgehead atoms. The van der Waals surface area contributed by atoms with Crippen LogP contribution in [0.15, 0.2) is 48.5 Å². The molecule has 1 aliphatic heterocycles. The summed E-state index contributed by atoms with van der Waals surface area (Å²) in [5, 5.41) is 22.4. The maximum atomic E-state index is 12.9. The Balaban J connectivity index is 1.43. The summed E-state index contributed by atoms with van der Waals surface area (Å²) in [5.74, 6) is -2.45. The Morgan fingerprint density at radius 3 is 2.50 bits per heavy atom. The lowest BCUT2D eigenvalue weighted by atomic mass is 10.0. The lowest BCUT2D eigenvalue weighted by Gasteiger charge is -2.32. The van der Waals surface area contributed by atoms with Crippen molar-refractivity contribution in [3.63, 3.8) is 0 Å². The minimum atomic E-state index is -3.50. The molecule has 202 valence electrons. The van der Waals surface area contributed by atoms with Crippen molar-refractivity contribution in [1.82, 2.24) is 4.31 Å². The van der Waals surface area contributed by atoms with Gasteiger partial charge in [-0.2, -0.15) is 0 Å². The largest absolute Gasteiger partial charge is 0.480 e. The van der Waals surface area contributed by atoms with Gasteiger partial charge >= 0.3 is 11.9 Å². The van der Waals surface area contributed by atoms with E-state index in [1.807, 2.05) is 24.3 Å². The van der Waals surface area contributed by atoms with Gasteiger partial charge in [-0.15, -0.1) is 11.3 Å². The van der Waals surface area contributed by atoms with Gasteiger partial charge in [-0.05, 0) is 49.1 Å². The maximum Gasteiger partial charge on any atom is 0.349 e. The van der Waals surface area contributed by atoms with Gasteiger partial charge in [0.05, 0.1) is 5.75 Å². The Labute approximate surface area is 229 Å². The number of nitrogens with one attached hydrogen (secondary N) is 1. The third-order valence-corrected chi connectivity index (χ3v) is 9.77. The van der Waals surface area contributed by atoms with Gasteiger partial charge in [0.25, 0.3) is 0 Å². The molecule has 0 aliphatic carbocycles. The van der Waals surface area contributed by atoms with E-state index in [0.29, 0.717) is 47.0 Å². The molecular formula is C26H27ClN2O7S2. The molecule has 38 heavy (non-hydrogen) atoms. The Bertz CT molecular complexity index is 1450. The molecule has 1 aromatic heterocycles. The third kappa shape index (κ3) is 6.47. The number of rotatable bonds is 10. The van der Waals surface area contributed by atoms with Gasteiger partial charge in [-0.1, -0.05) is 41.9 Å². The summed E-state index contributed by atoms with van der Waals surface area (Å²) >= 11 is 7.18. The zero-order valence-corrected chi connectivity index (χ0v) is 22.9. The molecule has 0 atom stereocenters. The van der Waals surface area contributed by atoms with Gasteiger partial charge in [0, 0.05) is 40.3 Å². The Morgan fingerprint density at radius 1 is 1.13 bits per heavy atom. The van der Waals surface area contributed by atoms with Crippen LogP contribution in [0, 0.1) is 6.92 Å². The number of anilines is 1. The first-order valence-electron chi connectivity index (χ1n) is 11.8. The topological polar surface area (TPSA) is 133 Å². The van der Waals surface area contributed by atoms with Crippen LogP contribution < -0.4 is 10.1 Å². The first-order chi connectivity index (χ1) is 18.0. The van der Waals surface area contributed by atoms with Crippen LogP contribution in [0.2, 0.25) is 5.02 Å². The summed E-state index contributed by atoms with van der Waals surface area (Å²) in [6, 6.07) is 14.5. The fourth-order valence-electron chi connectivity index (χ4n) is 4.39. The average Bonchev–Trinajstić information content (AvgIpc) is 3.21. The van der Waals surface area contributed by atoms with Crippen LogP contribution in [0.5, 0.6) is 5.75 Å². The predicted molar refractivity (Wildman–Crippen MR) is 147 cm³/mol. The molecule has 0 spiro atoms. The molecule has 4 rings (SSSR count). The molecule has 1 aliphatic rings. The van der Waals surface area contributed by atoms with Crippen LogP contribution in [0.1, 0.15) is 33.6 Å². The van der Waals surface area contributed by atoms with Crippen molar-refractivity contribution in [3.8, 4) is 16.2 Å². The minimum Gasteiger partial charge on any atom is -0.480 e. The van der Waals surface area contributed by atoms with Crippen LogP contribution in [0.4, 0.5) is 5.69 Å². The Kier molecular flexibility index (Phi) is 8.61. The standard InChI is InChI=1S/C26H27ClN2O7S2/c1-16-23(36-14-22(30)31)25(26(32)33)37-24(16)17-6-4-7-20(13-17)28-19-9-11-29(12-10-19)38(34,35)15-18-5-2-3-8-21(18)27/h2-8,13,19,28H,9-12,14-15H2,1H3,(H,30,31)(H,32,33). The number of ether oxygens (including phenoxy) is 1. The monoisotopic (exact) mass is 578 g/mol. The number of carbonyl (C=O) groups is 2. The highest BCUT2D eigenvalue weighted by Crippen LogP contribution is 2.42. The summed E-state index contributed by atoms with van der Waals surface area (Å²) in [6.45, 7) is 1.85. The van der Waals surface area contributed by atoms with E-state index in [0.717, 1.165) is 22.6 Å². The van der Waals surface area contributed by atoms with Crippen molar-refractivity contribution in [2.75, 3.05) is 25.0 Å². The smallest absolute Gasteiger partial charge is 0.349 e.